The molecule has 0 fully saturated rings. The minimum Gasteiger partial charge on any atom is -0.202 e. The summed E-state index contributed by atoms with van der Waals surface area (Å²) in [5.74, 6) is 0. The summed E-state index contributed by atoms with van der Waals surface area (Å²) in [4.78, 5) is 0. The minimum absolute atomic E-state index is 0.118. The molecule has 0 saturated heterocycles. The van der Waals surface area contributed by atoms with Crippen LogP contribution in [0.1, 0.15) is 20.8 Å². The molecule has 0 radical (unpaired) electrons. The Morgan fingerprint density at radius 2 is 2.08 bits per heavy atom. The Hall–Kier alpha value is -0.640. The standard InChI is InChI=1S/C7H15N3O2S/c1-4-9-13(11,12)10(6-5-8)7(2)3/h7,9H,4,6H2,1-3H3. The zero-order chi connectivity index (χ0) is 10.5. The quantitative estimate of drug-likeness (QED) is 0.646. The van der Waals surface area contributed by atoms with Crippen molar-refractivity contribution in [3.63, 3.8) is 0 Å². The molecule has 76 valence electrons. The zero-order valence-corrected chi connectivity index (χ0v) is 8.93. The molecular weight excluding hydrogens is 190 g/mol. The molecule has 5 nitrogen and oxygen atoms in total. The van der Waals surface area contributed by atoms with Crippen LogP contribution in [0.3, 0.4) is 0 Å². The smallest absolute Gasteiger partial charge is 0.202 e. The van der Waals surface area contributed by atoms with E-state index < -0.39 is 10.2 Å². The molecule has 0 heterocycles. The van der Waals surface area contributed by atoms with Crippen LogP contribution in [-0.4, -0.2) is 31.9 Å². The summed E-state index contributed by atoms with van der Waals surface area (Å²) < 4.78 is 26.3. The molecule has 0 spiro atoms. The number of hydrogen-bond acceptors (Lipinski definition) is 3. The van der Waals surface area contributed by atoms with Crippen molar-refractivity contribution in [2.24, 2.45) is 0 Å². The molecule has 0 aromatic heterocycles. The van der Waals surface area contributed by atoms with Crippen LogP contribution in [-0.2, 0) is 10.2 Å². The van der Waals surface area contributed by atoms with Gasteiger partial charge in [-0.1, -0.05) is 6.92 Å². The second-order valence-electron chi connectivity index (χ2n) is 2.80. The first kappa shape index (κ1) is 12.4. The number of hydrogen-bond donors (Lipinski definition) is 1. The Morgan fingerprint density at radius 3 is 2.38 bits per heavy atom. The number of nitrogens with one attached hydrogen (secondary N) is 1. The molecule has 6 heteroatoms. The summed E-state index contributed by atoms with van der Waals surface area (Å²) in [6.07, 6.45) is 0. The maximum atomic E-state index is 11.4. The van der Waals surface area contributed by atoms with Gasteiger partial charge in [0, 0.05) is 12.6 Å². The lowest BCUT2D eigenvalue weighted by molar-refractivity contribution is 0.379. The third-order valence-electron chi connectivity index (χ3n) is 1.44. The molecule has 0 aliphatic heterocycles. The fourth-order valence-corrected chi connectivity index (χ4v) is 2.19. The Kier molecular flexibility index (Phi) is 4.91. The van der Waals surface area contributed by atoms with E-state index in [1.807, 2.05) is 6.07 Å². The van der Waals surface area contributed by atoms with Crippen LogP contribution >= 0.6 is 0 Å². The second kappa shape index (κ2) is 5.17. The fourth-order valence-electron chi connectivity index (χ4n) is 0.880. The van der Waals surface area contributed by atoms with Crippen LogP contribution in [0.15, 0.2) is 0 Å². The van der Waals surface area contributed by atoms with Gasteiger partial charge < -0.3 is 0 Å². The Morgan fingerprint density at radius 1 is 1.54 bits per heavy atom. The lowest BCUT2D eigenvalue weighted by Crippen LogP contribution is -2.44. The summed E-state index contributed by atoms with van der Waals surface area (Å²) in [5, 5.41) is 8.43. The average Bonchev–Trinajstić information content (AvgIpc) is 1.99. The summed E-state index contributed by atoms with van der Waals surface area (Å²) in [5.41, 5.74) is 0. The average molecular weight is 205 g/mol. The molecule has 0 bridgehead atoms. The summed E-state index contributed by atoms with van der Waals surface area (Å²) >= 11 is 0. The second-order valence-corrected chi connectivity index (χ2v) is 4.51. The van der Waals surface area contributed by atoms with E-state index in [1.54, 1.807) is 20.8 Å². The molecule has 13 heavy (non-hydrogen) atoms. The first-order valence-corrected chi connectivity index (χ1v) is 5.53. The highest BCUT2D eigenvalue weighted by atomic mass is 32.2. The normalized spacial score (nSPS) is 12.0. The SMILES string of the molecule is CCNS(=O)(=O)N(CC#N)C(C)C. The van der Waals surface area contributed by atoms with Gasteiger partial charge in [0.05, 0.1) is 6.07 Å². The molecular formula is C7H15N3O2S. The van der Waals surface area contributed by atoms with E-state index in [9.17, 15) is 8.42 Å². The van der Waals surface area contributed by atoms with Crippen LogP contribution in [0.5, 0.6) is 0 Å². The number of nitrogens with zero attached hydrogens (tertiary/aromatic N) is 2. The van der Waals surface area contributed by atoms with Gasteiger partial charge in [0.2, 0.25) is 0 Å². The van der Waals surface area contributed by atoms with Crippen molar-refractivity contribution < 1.29 is 8.42 Å². The van der Waals surface area contributed by atoms with Crippen LogP contribution in [0.4, 0.5) is 0 Å². The largest absolute Gasteiger partial charge is 0.280 e. The molecule has 0 saturated carbocycles. The molecule has 0 aromatic carbocycles. The zero-order valence-electron chi connectivity index (χ0n) is 8.11. The van der Waals surface area contributed by atoms with E-state index in [2.05, 4.69) is 4.72 Å². The molecule has 0 amide bonds. The van der Waals surface area contributed by atoms with Crippen molar-refractivity contribution in [1.82, 2.24) is 9.03 Å². The molecule has 0 aromatic rings. The van der Waals surface area contributed by atoms with E-state index in [0.29, 0.717) is 6.54 Å². The van der Waals surface area contributed by atoms with Crippen molar-refractivity contribution in [1.29, 1.82) is 5.26 Å². The maximum Gasteiger partial charge on any atom is 0.280 e. The third-order valence-corrected chi connectivity index (χ3v) is 3.26. The van der Waals surface area contributed by atoms with Gasteiger partial charge in [-0.05, 0) is 13.8 Å². The molecule has 0 aliphatic rings. The van der Waals surface area contributed by atoms with Crippen molar-refractivity contribution in [2.45, 2.75) is 26.8 Å². The van der Waals surface area contributed by atoms with E-state index in [4.69, 9.17) is 5.26 Å². The van der Waals surface area contributed by atoms with Gasteiger partial charge in [0.1, 0.15) is 6.54 Å². The molecule has 0 unspecified atom stereocenters. The lowest BCUT2D eigenvalue weighted by atomic mass is 10.4. The van der Waals surface area contributed by atoms with E-state index >= 15 is 0 Å². The van der Waals surface area contributed by atoms with E-state index in [0.717, 1.165) is 4.31 Å². The van der Waals surface area contributed by atoms with Crippen LogP contribution < -0.4 is 4.72 Å². The van der Waals surface area contributed by atoms with Crippen LogP contribution in [0.2, 0.25) is 0 Å². The van der Waals surface area contributed by atoms with E-state index in [-0.39, 0.29) is 12.6 Å². The maximum absolute atomic E-state index is 11.4. The Labute approximate surface area is 79.5 Å². The summed E-state index contributed by atoms with van der Waals surface area (Å²) in [6, 6.07) is 1.62. The van der Waals surface area contributed by atoms with Gasteiger partial charge in [-0.25, -0.2) is 4.72 Å². The number of nitriles is 1. The predicted octanol–water partition coefficient (Wildman–Crippen LogP) is 0.0747. The van der Waals surface area contributed by atoms with Crippen molar-refractivity contribution in [3.05, 3.63) is 0 Å². The van der Waals surface area contributed by atoms with Crippen molar-refractivity contribution in [2.75, 3.05) is 13.1 Å². The molecule has 0 aliphatic carbocycles. The Balaban J connectivity index is 4.65. The van der Waals surface area contributed by atoms with Crippen LogP contribution in [0, 0.1) is 11.3 Å². The van der Waals surface area contributed by atoms with Crippen molar-refractivity contribution in [3.8, 4) is 6.07 Å². The highest BCUT2D eigenvalue weighted by Gasteiger charge is 2.23. The van der Waals surface area contributed by atoms with Gasteiger partial charge in [0.15, 0.2) is 0 Å². The van der Waals surface area contributed by atoms with Gasteiger partial charge in [-0.15, -0.1) is 0 Å². The third kappa shape index (κ3) is 3.72. The fraction of sp³-hybridized carbons (Fsp3) is 0.857. The highest BCUT2D eigenvalue weighted by Crippen LogP contribution is 2.03. The lowest BCUT2D eigenvalue weighted by Gasteiger charge is -2.22. The highest BCUT2D eigenvalue weighted by molar-refractivity contribution is 7.87. The minimum atomic E-state index is -3.47. The van der Waals surface area contributed by atoms with Gasteiger partial charge in [-0.2, -0.15) is 18.0 Å². The van der Waals surface area contributed by atoms with Gasteiger partial charge in [-0.3, -0.25) is 0 Å². The molecule has 0 atom stereocenters. The molecule has 0 rings (SSSR count). The number of rotatable bonds is 5. The van der Waals surface area contributed by atoms with Crippen molar-refractivity contribution >= 4 is 10.2 Å². The Bertz CT molecular complexity index is 279. The first-order chi connectivity index (χ1) is 5.95. The molecule has 1 N–H and O–H groups in total. The topological polar surface area (TPSA) is 73.2 Å². The van der Waals surface area contributed by atoms with Gasteiger partial charge >= 0.3 is 0 Å². The van der Waals surface area contributed by atoms with Gasteiger partial charge in [0.25, 0.3) is 10.2 Å². The monoisotopic (exact) mass is 205 g/mol. The van der Waals surface area contributed by atoms with Crippen LogP contribution in [0.25, 0.3) is 0 Å². The predicted molar refractivity (Wildman–Crippen MR) is 50.1 cm³/mol. The van der Waals surface area contributed by atoms with E-state index in [1.165, 1.54) is 0 Å². The summed E-state index contributed by atoms with van der Waals surface area (Å²) in [7, 11) is -3.47. The summed E-state index contributed by atoms with van der Waals surface area (Å²) in [6.45, 7) is 5.37. The first-order valence-electron chi connectivity index (χ1n) is 4.09.